The molecule has 1 aromatic heterocycles. The van der Waals surface area contributed by atoms with Crippen molar-refractivity contribution in [1.29, 1.82) is 0 Å². The molecule has 0 radical (unpaired) electrons. The van der Waals surface area contributed by atoms with E-state index in [1.54, 1.807) is 0 Å². The third-order valence-electron chi connectivity index (χ3n) is 7.71. The molecule has 3 rings (SSSR count). The Labute approximate surface area is 298 Å². The second-order valence-corrected chi connectivity index (χ2v) is 13.2. The lowest BCUT2D eigenvalue weighted by atomic mass is 9.73. The monoisotopic (exact) mass is 791 g/mol. The van der Waals surface area contributed by atoms with Gasteiger partial charge in [-0.05, 0) is 18.2 Å². The summed E-state index contributed by atoms with van der Waals surface area (Å²) in [5, 5.41) is 83.6. The summed E-state index contributed by atoms with van der Waals surface area (Å²) in [6.07, 6.45) is -13.5. The summed E-state index contributed by atoms with van der Waals surface area (Å²) < 4.78 is 25.9. The molecular weight excluding hydrogens is 749 g/mol. The van der Waals surface area contributed by atoms with Gasteiger partial charge in [-0.1, -0.05) is 0 Å². The van der Waals surface area contributed by atoms with Crippen molar-refractivity contribution in [3.63, 3.8) is 0 Å². The van der Waals surface area contributed by atoms with Crippen molar-refractivity contribution in [2.24, 2.45) is 0 Å². The zero-order valence-corrected chi connectivity index (χ0v) is 29.0. The van der Waals surface area contributed by atoms with Crippen molar-refractivity contribution in [1.82, 2.24) is 20.2 Å². The number of nitrogens with zero attached hydrogens (tertiary/aromatic N) is 2. The van der Waals surface area contributed by atoms with Crippen LogP contribution < -0.4 is 22.1 Å². The van der Waals surface area contributed by atoms with Crippen molar-refractivity contribution in [3.05, 3.63) is 22.7 Å². The summed E-state index contributed by atoms with van der Waals surface area (Å²) in [7, 11) is -4.74. The van der Waals surface area contributed by atoms with Crippen LogP contribution in [-0.4, -0.2) is 163 Å². The van der Waals surface area contributed by atoms with Crippen LogP contribution in [0, 0.1) is 0 Å². The number of carbonyl (C=O) groups excluding carboxylic acids is 3. The van der Waals surface area contributed by atoms with E-state index >= 15 is 0 Å². The number of aliphatic hydroxyl groups is 7. The maximum atomic E-state index is 13.1. The number of phosphoric ester groups is 1. The molecule has 2 saturated heterocycles. The van der Waals surface area contributed by atoms with Gasteiger partial charge in [0.1, 0.15) is 42.4 Å². The Balaban J connectivity index is 0.000000386. The first-order valence-electron chi connectivity index (χ1n) is 15.1. The first-order chi connectivity index (χ1) is 24.0. The normalized spacial score (nSPS) is 30.0. The summed E-state index contributed by atoms with van der Waals surface area (Å²) in [5.74, 6) is -7.23. The number of amides is 2. The van der Waals surface area contributed by atoms with Crippen LogP contribution in [0.25, 0.3) is 0 Å². The van der Waals surface area contributed by atoms with Crippen LogP contribution >= 0.6 is 20.5 Å². The molecule has 0 aromatic carbocycles. The number of anilines is 1. The zero-order chi connectivity index (χ0) is 39.8. The van der Waals surface area contributed by atoms with Crippen molar-refractivity contribution in [2.75, 3.05) is 31.2 Å². The second kappa shape index (κ2) is 18.8. The number of hydrogen-bond donors (Lipinski definition) is 14. The number of carboxylic acid groups (broad SMARTS) is 1. The molecule has 2 aliphatic rings. The average molecular weight is 792 g/mol. The number of nitrogens with one attached hydrogen (secondary N) is 2. The van der Waals surface area contributed by atoms with Gasteiger partial charge in [0, 0.05) is 26.0 Å². The number of ether oxygens (including phenoxy) is 2. The van der Waals surface area contributed by atoms with Crippen molar-refractivity contribution < 1.29 is 88.4 Å². The minimum Gasteiger partial charge on any atom is -0.477 e. The van der Waals surface area contributed by atoms with Gasteiger partial charge in [0.05, 0.1) is 25.9 Å². The summed E-state index contributed by atoms with van der Waals surface area (Å²) in [6, 6.07) is 1.29. The minimum absolute atomic E-state index is 0.0225. The summed E-state index contributed by atoms with van der Waals surface area (Å²) >= 11 is 3.96. The molecule has 26 heteroatoms. The Morgan fingerprint density at radius 1 is 1.21 bits per heavy atom. The Hall–Kier alpha value is -3.14. The number of phosphoric acid groups is 1. The molecule has 2 amide bonds. The number of ketones is 1. The van der Waals surface area contributed by atoms with Gasteiger partial charge in [-0.25, -0.2) is 14.2 Å². The van der Waals surface area contributed by atoms with Gasteiger partial charge in [-0.2, -0.15) is 17.6 Å². The highest BCUT2D eigenvalue weighted by Gasteiger charge is 2.64. The summed E-state index contributed by atoms with van der Waals surface area (Å²) in [4.78, 5) is 80.5. The van der Waals surface area contributed by atoms with Crippen LogP contribution in [0.2, 0.25) is 0 Å². The lowest BCUT2D eigenvalue weighted by molar-refractivity contribution is -0.306. The van der Waals surface area contributed by atoms with Crippen LogP contribution in [0.4, 0.5) is 5.82 Å². The Morgan fingerprint density at radius 2 is 1.85 bits per heavy atom. The molecule has 52 heavy (non-hydrogen) atoms. The maximum Gasteiger partial charge on any atom is 0.469 e. The Morgan fingerprint density at radius 3 is 2.37 bits per heavy atom. The molecule has 10 atom stereocenters. The van der Waals surface area contributed by atoms with E-state index in [9.17, 15) is 64.3 Å². The van der Waals surface area contributed by atoms with Gasteiger partial charge in [0.15, 0.2) is 17.6 Å². The molecule has 2 aliphatic heterocycles. The second-order valence-electron chi connectivity index (χ2n) is 11.5. The quantitative estimate of drug-likeness (QED) is 0.0580. The van der Waals surface area contributed by atoms with E-state index in [0.29, 0.717) is 12.2 Å². The number of carboxylic acids is 1. The first kappa shape index (κ1) is 45.0. The van der Waals surface area contributed by atoms with Crippen LogP contribution in [0.15, 0.2) is 17.1 Å². The summed E-state index contributed by atoms with van der Waals surface area (Å²) in [5.41, 5.74) is 1.95. The van der Waals surface area contributed by atoms with E-state index in [2.05, 4.69) is 32.8 Å². The molecule has 3 heterocycles. The average Bonchev–Trinajstić information content (AvgIpc) is 3.34. The molecular formula is C26H42N5O19PS. The predicted octanol–water partition coefficient (Wildman–Crippen LogP) is -6.55. The number of Topliss-reactive ketones (excluding diaryl/α,β-unsaturated/α-hetero) is 1. The van der Waals surface area contributed by atoms with Crippen molar-refractivity contribution in [2.45, 2.75) is 86.5 Å². The number of nitrogen functional groups attached to an aromatic ring is 1. The largest absolute Gasteiger partial charge is 0.477 e. The number of aliphatic carboxylic acids is 1. The van der Waals surface area contributed by atoms with Crippen LogP contribution in [-0.2, 0) is 37.7 Å². The van der Waals surface area contributed by atoms with E-state index in [-0.39, 0.29) is 12.2 Å². The number of rotatable bonds is 15. The van der Waals surface area contributed by atoms with Gasteiger partial charge in [-0.3, -0.25) is 23.5 Å². The SMILES string of the molecule is CC(=O)N[C@]1(C(=O)CNC(=O)CCCS)[C@@H](O)C[C@@](O)(C(=O)O)O[C@H]1[C@H](O)[C@H](O)CO.Nc1ccn([C@@H]2O[C@H](COP(=O)(O)O)[C@@H](O)[C@H]2O)c(=O)n1. The summed E-state index contributed by atoms with van der Waals surface area (Å²) in [6.45, 7) is -1.53. The lowest BCUT2D eigenvalue weighted by Crippen LogP contribution is -2.78. The van der Waals surface area contributed by atoms with Crippen molar-refractivity contribution >= 4 is 49.8 Å². The molecule has 2 fully saturated rings. The number of aliphatic hydroxyl groups excluding tert-OH is 6. The Bertz CT molecular complexity index is 1530. The highest BCUT2D eigenvalue weighted by molar-refractivity contribution is 7.80. The van der Waals surface area contributed by atoms with Gasteiger partial charge >= 0.3 is 19.5 Å². The fraction of sp³-hybridized carbons (Fsp3) is 0.692. The number of aromatic nitrogens is 2. The highest BCUT2D eigenvalue weighted by Crippen LogP contribution is 2.39. The third kappa shape index (κ3) is 11.2. The van der Waals surface area contributed by atoms with E-state index in [0.717, 1.165) is 11.5 Å². The Kier molecular flexibility index (Phi) is 16.2. The number of nitrogens with two attached hydrogens (primary N) is 1. The van der Waals surface area contributed by atoms with E-state index < -0.39 is 124 Å². The molecule has 0 unspecified atom stereocenters. The first-order valence-corrected chi connectivity index (χ1v) is 17.2. The third-order valence-corrected chi connectivity index (χ3v) is 8.52. The van der Waals surface area contributed by atoms with Gasteiger partial charge in [-0.15, -0.1) is 0 Å². The molecule has 0 bridgehead atoms. The lowest BCUT2D eigenvalue weighted by Gasteiger charge is -2.51. The van der Waals surface area contributed by atoms with Crippen molar-refractivity contribution in [3.8, 4) is 0 Å². The van der Waals surface area contributed by atoms with Gasteiger partial charge < -0.3 is 76.5 Å². The topological polar surface area (TPSA) is 400 Å². The van der Waals surface area contributed by atoms with Gasteiger partial charge in [0.25, 0.3) is 5.79 Å². The fourth-order valence-electron chi connectivity index (χ4n) is 5.15. The molecule has 0 saturated carbocycles. The molecule has 296 valence electrons. The number of hydrogen-bond acceptors (Lipinski definition) is 19. The number of carbonyl (C=O) groups is 4. The number of thiol groups is 1. The predicted molar refractivity (Wildman–Crippen MR) is 172 cm³/mol. The van der Waals surface area contributed by atoms with Crippen LogP contribution in [0.3, 0.4) is 0 Å². The van der Waals surface area contributed by atoms with Crippen LogP contribution in [0.1, 0.15) is 32.4 Å². The molecule has 14 N–H and O–H groups in total. The standard InChI is InChI=1S/C17H28N2O11S.C9H14N3O8P/c1-8(21)19-17(11(24)6-18-12(25)3-2-4-31)10(23)5-16(29,15(27)28)30-14(17)13(26)9(22)7-20;10-5-1-2-12(9(15)11-5)8-7(14)6(13)4(20-8)3-19-21(16,17)18/h9-10,13-14,20,22-23,26,29,31H,2-7H2,1H3,(H,18,25)(H,19,21)(H,27,28);1-2,4,6-8,13-14H,3H2,(H2,10,11,15)(H2,16,17,18)/t9-,10+,13-,14+,16+,17+;4-,6-,7-,8-/m11/s1. The van der Waals surface area contributed by atoms with E-state index in [1.165, 1.54) is 12.3 Å². The van der Waals surface area contributed by atoms with Crippen LogP contribution in [0.5, 0.6) is 0 Å². The maximum absolute atomic E-state index is 13.1. The zero-order valence-electron chi connectivity index (χ0n) is 27.2. The minimum atomic E-state index is -4.74. The fourth-order valence-corrected chi connectivity index (χ4v) is 5.65. The highest BCUT2D eigenvalue weighted by atomic mass is 32.1. The molecule has 0 aliphatic carbocycles. The molecule has 1 aromatic rings. The molecule has 0 spiro atoms. The smallest absolute Gasteiger partial charge is 0.469 e. The van der Waals surface area contributed by atoms with Gasteiger partial charge in [0.2, 0.25) is 11.8 Å². The molecule has 24 nitrogen and oxygen atoms in total. The van der Waals surface area contributed by atoms with E-state index in [1.807, 2.05) is 0 Å². The van der Waals surface area contributed by atoms with E-state index in [4.69, 9.17) is 30.1 Å².